The van der Waals surface area contributed by atoms with E-state index in [0.29, 0.717) is 18.1 Å². The Morgan fingerprint density at radius 1 is 1.06 bits per heavy atom. The van der Waals surface area contributed by atoms with Crippen LogP contribution in [0.25, 0.3) is 11.3 Å². The molecule has 1 heterocycles. The van der Waals surface area contributed by atoms with Crippen molar-refractivity contribution in [3.63, 3.8) is 0 Å². The summed E-state index contributed by atoms with van der Waals surface area (Å²) in [6.07, 6.45) is 8.40. The van der Waals surface area contributed by atoms with E-state index < -0.39 is 0 Å². The lowest BCUT2D eigenvalue weighted by Crippen LogP contribution is -2.18. The van der Waals surface area contributed by atoms with Crippen LogP contribution in [0.4, 0.5) is 0 Å². The lowest BCUT2D eigenvalue weighted by Gasteiger charge is -2.21. The second-order valence-electron chi connectivity index (χ2n) is 8.96. The van der Waals surface area contributed by atoms with Gasteiger partial charge < -0.3 is 9.47 Å². The summed E-state index contributed by atoms with van der Waals surface area (Å²) in [5.74, 6) is -0.439. The van der Waals surface area contributed by atoms with Crippen LogP contribution >= 0.6 is 0 Å². The third-order valence-corrected chi connectivity index (χ3v) is 6.53. The first-order chi connectivity index (χ1) is 16.6. The van der Waals surface area contributed by atoms with Crippen LogP contribution in [-0.4, -0.2) is 28.8 Å². The molecule has 1 unspecified atom stereocenters. The van der Waals surface area contributed by atoms with Crippen LogP contribution in [-0.2, 0) is 20.9 Å². The van der Waals surface area contributed by atoms with Crippen molar-refractivity contribution < 1.29 is 19.1 Å². The minimum Gasteiger partial charge on any atom is -0.465 e. The first-order valence-electron chi connectivity index (χ1n) is 11.8. The molecule has 2 aliphatic carbocycles. The largest absolute Gasteiger partial charge is 0.465 e. The van der Waals surface area contributed by atoms with Crippen molar-refractivity contribution >= 4 is 17.5 Å². The first-order valence-corrected chi connectivity index (χ1v) is 11.8. The molecule has 0 spiro atoms. The van der Waals surface area contributed by atoms with Crippen LogP contribution in [0.5, 0.6) is 0 Å². The molecule has 0 N–H and O–H groups in total. The summed E-state index contributed by atoms with van der Waals surface area (Å²) in [6, 6.07) is 17.9. The van der Waals surface area contributed by atoms with E-state index in [9.17, 15) is 9.59 Å². The topological polar surface area (TPSA) is 70.4 Å². The molecule has 0 saturated heterocycles. The van der Waals surface area contributed by atoms with E-state index >= 15 is 0 Å². The van der Waals surface area contributed by atoms with Crippen LogP contribution in [0.3, 0.4) is 0 Å². The van der Waals surface area contributed by atoms with Crippen molar-refractivity contribution in [3.05, 3.63) is 89.3 Å². The van der Waals surface area contributed by atoms with Gasteiger partial charge in [0.1, 0.15) is 12.2 Å². The zero-order valence-corrected chi connectivity index (χ0v) is 19.3. The Hall–Kier alpha value is -3.67. The highest BCUT2D eigenvalue weighted by Crippen LogP contribution is 2.43. The SMILES string of the molecule is COC(=O)c1cnn(-c2cccc(C3=CC(C(=O)OCc4ccccc4)CCC3)c2)c1C1CC1. The van der Waals surface area contributed by atoms with E-state index in [2.05, 4.69) is 23.3 Å². The summed E-state index contributed by atoms with van der Waals surface area (Å²) in [7, 11) is 1.40. The number of hydrogen-bond donors (Lipinski definition) is 0. The fourth-order valence-electron chi connectivity index (χ4n) is 4.60. The molecule has 1 atom stereocenters. The molecule has 0 bridgehead atoms. The number of aromatic nitrogens is 2. The number of allylic oxidation sites excluding steroid dienone is 1. The van der Waals surface area contributed by atoms with Crippen LogP contribution in [0.2, 0.25) is 0 Å². The van der Waals surface area contributed by atoms with Gasteiger partial charge in [0, 0.05) is 5.92 Å². The maximum atomic E-state index is 12.7. The zero-order chi connectivity index (χ0) is 23.5. The smallest absolute Gasteiger partial charge is 0.341 e. The van der Waals surface area contributed by atoms with Crippen molar-refractivity contribution in [1.29, 1.82) is 0 Å². The number of esters is 2. The first kappa shape index (κ1) is 22.1. The minimum absolute atomic E-state index is 0.178. The van der Waals surface area contributed by atoms with Crippen molar-refractivity contribution in [2.45, 2.75) is 44.6 Å². The molecular weight excluding hydrogens is 428 g/mol. The third kappa shape index (κ3) is 4.67. The molecule has 0 radical (unpaired) electrons. The number of hydrogen-bond acceptors (Lipinski definition) is 5. The predicted octanol–water partition coefficient (Wildman–Crippen LogP) is 5.46. The molecule has 6 nitrogen and oxygen atoms in total. The van der Waals surface area contributed by atoms with Gasteiger partial charge >= 0.3 is 11.9 Å². The van der Waals surface area contributed by atoms with Gasteiger partial charge in [0.25, 0.3) is 0 Å². The summed E-state index contributed by atoms with van der Waals surface area (Å²) in [5, 5.41) is 4.52. The Labute approximate surface area is 199 Å². The van der Waals surface area contributed by atoms with Crippen molar-refractivity contribution in [2.75, 3.05) is 7.11 Å². The van der Waals surface area contributed by atoms with Crippen LogP contribution in [0.1, 0.15) is 65.2 Å². The van der Waals surface area contributed by atoms with E-state index in [-0.39, 0.29) is 17.9 Å². The summed E-state index contributed by atoms with van der Waals surface area (Å²) in [5.41, 5.74) is 5.56. The van der Waals surface area contributed by atoms with Gasteiger partial charge in [-0.1, -0.05) is 48.5 Å². The summed E-state index contributed by atoms with van der Waals surface area (Å²) in [6.45, 7) is 0.292. The quantitative estimate of drug-likeness (QED) is 0.441. The number of benzene rings is 2. The van der Waals surface area contributed by atoms with E-state index in [4.69, 9.17) is 9.47 Å². The number of methoxy groups -OCH3 is 1. The molecule has 3 aromatic rings. The molecule has 174 valence electrons. The average molecular weight is 457 g/mol. The van der Waals surface area contributed by atoms with Gasteiger partial charge in [0.15, 0.2) is 0 Å². The Kier molecular flexibility index (Phi) is 6.30. The molecule has 6 heteroatoms. The van der Waals surface area contributed by atoms with Gasteiger partial charge in [-0.15, -0.1) is 0 Å². The summed E-state index contributed by atoms with van der Waals surface area (Å²) >= 11 is 0. The van der Waals surface area contributed by atoms with Gasteiger partial charge in [0.2, 0.25) is 0 Å². The summed E-state index contributed by atoms with van der Waals surface area (Å²) in [4.78, 5) is 25.0. The number of rotatable bonds is 7. The molecule has 2 aliphatic rings. The Morgan fingerprint density at radius 3 is 2.65 bits per heavy atom. The lowest BCUT2D eigenvalue weighted by atomic mass is 9.87. The number of carbonyl (C=O) groups is 2. The lowest BCUT2D eigenvalue weighted by molar-refractivity contribution is -0.148. The Bertz CT molecular complexity index is 1220. The normalized spacial score (nSPS) is 17.7. The average Bonchev–Trinajstić information content (AvgIpc) is 3.65. The van der Waals surface area contributed by atoms with Crippen LogP contribution in [0, 0.1) is 5.92 Å². The number of nitrogens with zero attached hydrogens (tertiary/aromatic N) is 2. The van der Waals surface area contributed by atoms with Gasteiger partial charge in [-0.3, -0.25) is 4.79 Å². The molecule has 1 saturated carbocycles. The van der Waals surface area contributed by atoms with Crippen molar-refractivity contribution in [2.24, 2.45) is 5.92 Å². The second kappa shape index (κ2) is 9.67. The highest BCUT2D eigenvalue weighted by molar-refractivity contribution is 5.91. The standard InChI is InChI=1S/C28H28N2O4/c1-33-28(32)25-17-29-30(26(25)20-13-14-20)24-12-6-10-22(16-24)21-9-5-11-23(15-21)27(31)34-18-19-7-3-2-4-8-19/h2-4,6-8,10,12,15-17,20,23H,5,9,11,13-14,18H2,1H3. The Balaban J connectivity index is 1.37. The van der Waals surface area contributed by atoms with Gasteiger partial charge in [-0.25, -0.2) is 9.48 Å². The number of carbonyl (C=O) groups excluding carboxylic acids is 2. The molecule has 2 aromatic carbocycles. The van der Waals surface area contributed by atoms with Crippen LogP contribution in [0.15, 0.2) is 66.9 Å². The molecule has 1 aromatic heterocycles. The molecule has 0 amide bonds. The predicted molar refractivity (Wildman–Crippen MR) is 128 cm³/mol. The number of ether oxygens (including phenoxy) is 2. The molecule has 0 aliphatic heterocycles. The van der Waals surface area contributed by atoms with E-state index in [1.165, 1.54) is 7.11 Å². The van der Waals surface area contributed by atoms with Crippen LogP contribution < -0.4 is 0 Å². The monoisotopic (exact) mass is 456 g/mol. The maximum absolute atomic E-state index is 12.7. The second-order valence-corrected chi connectivity index (χ2v) is 8.96. The minimum atomic E-state index is -0.351. The van der Waals surface area contributed by atoms with Gasteiger partial charge in [-0.05, 0) is 60.9 Å². The fourth-order valence-corrected chi connectivity index (χ4v) is 4.60. The highest BCUT2D eigenvalue weighted by Gasteiger charge is 2.33. The summed E-state index contributed by atoms with van der Waals surface area (Å²) < 4.78 is 12.4. The van der Waals surface area contributed by atoms with Crippen molar-refractivity contribution in [1.82, 2.24) is 9.78 Å². The van der Waals surface area contributed by atoms with E-state index in [1.54, 1.807) is 6.20 Å². The zero-order valence-electron chi connectivity index (χ0n) is 19.3. The van der Waals surface area contributed by atoms with E-state index in [0.717, 1.165) is 60.2 Å². The van der Waals surface area contributed by atoms with Gasteiger partial charge in [-0.2, -0.15) is 5.10 Å². The molecular formula is C28H28N2O4. The van der Waals surface area contributed by atoms with Crippen molar-refractivity contribution in [3.8, 4) is 5.69 Å². The molecule has 34 heavy (non-hydrogen) atoms. The van der Waals surface area contributed by atoms with E-state index in [1.807, 2.05) is 47.1 Å². The molecule has 5 rings (SSSR count). The fraction of sp³-hybridized carbons (Fsp3) is 0.321. The molecule has 1 fully saturated rings. The third-order valence-electron chi connectivity index (χ3n) is 6.53. The highest BCUT2D eigenvalue weighted by atomic mass is 16.5. The van der Waals surface area contributed by atoms with Gasteiger partial charge in [0.05, 0.1) is 30.6 Å². The Morgan fingerprint density at radius 2 is 1.88 bits per heavy atom. The maximum Gasteiger partial charge on any atom is 0.341 e.